The average Bonchev–Trinajstić information content (AvgIpc) is 3.40. The second kappa shape index (κ2) is 9.20. The van der Waals surface area contributed by atoms with E-state index in [-0.39, 0.29) is 29.7 Å². The SMILES string of the molecule is C[C@H]1C[C@H](N(C(=O)c2ccc(Cl)cc2)c2ccccc2)c2ccccc2N1C(=O)c1ccco1. The molecule has 0 N–H and O–H groups in total. The Balaban J connectivity index is 1.61. The number of benzene rings is 3. The molecular formula is C28H23ClN2O3. The van der Waals surface area contributed by atoms with Gasteiger partial charge in [0.2, 0.25) is 0 Å². The van der Waals surface area contributed by atoms with Gasteiger partial charge in [-0.3, -0.25) is 9.59 Å². The van der Waals surface area contributed by atoms with Gasteiger partial charge in [-0.05, 0) is 73.5 Å². The first-order valence-corrected chi connectivity index (χ1v) is 11.5. The van der Waals surface area contributed by atoms with E-state index in [1.165, 1.54) is 6.26 Å². The molecule has 1 aliphatic rings. The topological polar surface area (TPSA) is 53.8 Å². The zero-order valence-electron chi connectivity index (χ0n) is 18.6. The second-order valence-corrected chi connectivity index (χ2v) is 8.77. The molecule has 5 nitrogen and oxygen atoms in total. The molecule has 3 aromatic carbocycles. The van der Waals surface area contributed by atoms with Crippen LogP contribution >= 0.6 is 11.6 Å². The van der Waals surface area contributed by atoms with Crippen LogP contribution in [0.15, 0.2) is 102 Å². The number of anilines is 2. The third-order valence-corrected chi connectivity index (χ3v) is 6.42. The summed E-state index contributed by atoms with van der Waals surface area (Å²) in [4.78, 5) is 30.8. The maximum Gasteiger partial charge on any atom is 0.294 e. The second-order valence-electron chi connectivity index (χ2n) is 8.33. The number of para-hydroxylation sites is 2. The van der Waals surface area contributed by atoms with Crippen molar-refractivity contribution >= 4 is 34.8 Å². The summed E-state index contributed by atoms with van der Waals surface area (Å²) in [5.74, 6) is -0.0309. The van der Waals surface area contributed by atoms with Gasteiger partial charge in [0.05, 0.1) is 12.3 Å². The predicted octanol–water partition coefficient (Wildman–Crippen LogP) is 6.76. The number of furan rings is 1. The molecule has 170 valence electrons. The molecule has 2 atom stereocenters. The van der Waals surface area contributed by atoms with Crippen molar-refractivity contribution in [2.75, 3.05) is 9.80 Å². The van der Waals surface area contributed by atoms with Crippen LogP contribution in [0.25, 0.3) is 0 Å². The Morgan fingerprint density at radius 3 is 2.32 bits per heavy atom. The minimum atomic E-state index is -0.266. The predicted molar refractivity (Wildman–Crippen MR) is 133 cm³/mol. The van der Waals surface area contributed by atoms with Crippen LogP contribution in [-0.2, 0) is 0 Å². The minimum absolute atomic E-state index is 0.124. The van der Waals surface area contributed by atoms with Crippen LogP contribution in [0.4, 0.5) is 11.4 Å². The Morgan fingerprint density at radius 1 is 0.912 bits per heavy atom. The van der Waals surface area contributed by atoms with Gasteiger partial charge in [0.25, 0.3) is 11.8 Å². The molecule has 0 spiro atoms. The van der Waals surface area contributed by atoms with Crippen LogP contribution in [0.2, 0.25) is 5.02 Å². The number of fused-ring (bicyclic) bond motifs is 1. The fraction of sp³-hybridized carbons (Fsp3) is 0.143. The van der Waals surface area contributed by atoms with E-state index < -0.39 is 0 Å². The first-order chi connectivity index (χ1) is 16.5. The maximum atomic E-state index is 13.9. The number of hydrogen-bond acceptors (Lipinski definition) is 3. The van der Waals surface area contributed by atoms with Crippen LogP contribution in [-0.4, -0.2) is 17.9 Å². The number of hydrogen-bond donors (Lipinski definition) is 0. The van der Waals surface area contributed by atoms with Gasteiger partial charge in [0.15, 0.2) is 5.76 Å². The van der Waals surface area contributed by atoms with Crippen LogP contribution < -0.4 is 9.80 Å². The molecular weight excluding hydrogens is 448 g/mol. The third kappa shape index (κ3) is 3.99. The molecule has 2 heterocycles. The van der Waals surface area contributed by atoms with E-state index in [1.807, 2.05) is 66.4 Å². The fourth-order valence-corrected chi connectivity index (χ4v) is 4.74. The summed E-state index contributed by atoms with van der Waals surface area (Å²) >= 11 is 6.07. The van der Waals surface area contributed by atoms with Crippen molar-refractivity contribution in [1.82, 2.24) is 0 Å². The first kappa shape index (κ1) is 22.0. The molecule has 1 aliphatic heterocycles. The number of nitrogens with zero attached hydrogens (tertiary/aromatic N) is 2. The zero-order chi connectivity index (χ0) is 23.7. The number of amides is 2. The lowest BCUT2D eigenvalue weighted by atomic mass is 9.89. The molecule has 34 heavy (non-hydrogen) atoms. The quantitative estimate of drug-likeness (QED) is 0.331. The summed E-state index contributed by atoms with van der Waals surface area (Å²) in [5.41, 5.74) is 3.02. The summed E-state index contributed by atoms with van der Waals surface area (Å²) in [6, 6.07) is 27.3. The van der Waals surface area contributed by atoms with Gasteiger partial charge in [0, 0.05) is 28.0 Å². The van der Waals surface area contributed by atoms with Gasteiger partial charge in [-0.1, -0.05) is 48.0 Å². The van der Waals surface area contributed by atoms with E-state index in [0.29, 0.717) is 17.0 Å². The molecule has 0 unspecified atom stereocenters. The standard InChI is InChI=1S/C28H23ClN2O3/c1-19-18-25(23-10-5-6-11-24(23)30(19)28(33)26-12-7-17-34-26)31(22-8-3-2-4-9-22)27(32)20-13-15-21(29)16-14-20/h2-17,19,25H,18H2,1H3/t19-,25-/m0/s1. The van der Waals surface area contributed by atoms with Crippen molar-refractivity contribution in [1.29, 1.82) is 0 Å². The zero-order valence-corrected chi connectivity index (χ0v) is 19.4. The van der Waals surface area contributed by atoms with Crippen molar-refractivity contribution in [3.63, 3.8) is 0 Å². The van der Waals surface area contributed by atoms with E-state index in [1.54, 1.807) is 41.3 Å². The molecule has 0 aliphatic carbocycles. The Kier molecular flexibility index (Phi) is 5.95. The highest BCUT2D eigenvalue weighted by molar-refractivity contribution is 6.30. The Labute approximate surface area is 203 Å². The molecule has 0 saturated heterocycles. The largest absolute Gasteiger partial charge is 0.459 e. The number of halogens is 1. The van der Waals surface area contributed by atoms with E-state index in [9.17, 15) is 9.59 Å². The molecule has 0 saturated carbocycles. The van der Waals surface area contributed by atoms with Gasteiger partial charge >= 0.3 is 0 Å². The van der Waals surface area contributed by atoms with E-state index in [2.05, 4.69) is 0 Å². The lowest BCUT2D eigenvalue weighted by molar-refractivity contribution is 0.0944. The Bertz CT molecular complexity index is 1300. The van der Waals surface area contributed by atoms with Crippen LogP contribution in [0.3, 0.4) is 0 Å². The minimum Gasteiger partial charge on any atom is -0.459 e. The average molecular weight is 471 g/mol. The molecule has 0 bridgehead atoms. The first-order valence-electron chi connectivity index (χ1n) is 11.1. The normalized spacial score (nSPS) is 17.2. The number of rotatable bonds is 4. The molecule has 4 aromatic rings. The van der Waals surface area contributed by atoms with Crippen LogP contribution in [0.5, 0.6) is 0 Å². The van der Waals surface area contributed by atoms with Crippen molar-refractivity contribution < 1.29 is 14.0 Å². The monoisotopic (exact) mass is 470 g/mol. The highest BCUT2D eigenvalue weighted by atomic mass is 35.5. The Hall–Kier alpha value is -3.83. The van der Waals surface area contributed by atoms with E-state index >= 15 is 0 Å². The molecule has 6 heteroatoms. The van der Waals surface area contributed by atoms with Crippen LogP contribution in [0, 0.1) is 0 Å². The summed E-state index contributed by atoms with van der Waals surface area (Å²) in [6.45, 7) is 2.00. The lowest BCUT2D eigenvalue weighted by Gasteiger charge is -2.43. The highest BCUT2D eigenvalue weighted by Gasteiger charge is 2.39. The van der Waals surface area contributed by atoms with Gasteiger partial charge < -0.3 is 14.2 Å². The molecule has 0 radical (unpaired) electrons. The highest BCUT2D eigenvalue weighted by Crippen LogP contribution is 2.43. The summed E-state index contributed by atoms with van der Waals surface area (Å²) in [6.07, 6.45) is 2.07. The summed E-state index contributed by atoms with van der Waals surface area (Å²) in [5, 5.41) is 0.575. The van der Waals surface area contributed by atoms with Gasteiger partial charge in [0.1, 0.15) is 0 Å². The van der Waals surface area contributed by atoms with Gasteiger partial charge in [-0.15, -0.1) is 0 Å². The molecule has 0 fully saturated rings. The van der Waals surface area contributed by atoms with E-state index in [4.69, 9.17) is 16.0 Å². The molecule has 2 amide bonds. The van der Waals surface area contributed by atoms with Crippen molar-refractivity contribution in [2.24, 2.45) is 0 Å². The van der Waals surface area contributed by atoms with E-state index in [0.717, 1.165) is 16.9 Å². The number of carbonyl (C=O) groups excluding carboxylic acids is 2. The molecule has 1 aromatic heterocycles. The van der Waals surface area contributed by atoms with Gasteiger partial charge in [-0.25, -0.2) is 0 Å². The smallest absolute Gasteiger partial charge is 0.294 e. The number of carbonyl (C=O) groups is 2. The summed E-state index contributed by atoms with van der Waals surface area (Å²) in [7, 11) is 0. The summed E-state index contributed by atoms with van der Waals surface area (Å²) < 4.78 is 5.39. The third-order valence-electron chi connectivity index (χ3n) is 6.17. The fourth-order valence-electron chi connectivity index (χ4n) is 4.61. The van der Waals surface area contributed by atoms with Gasteiger partial charge in [-0.2, -0.15) is 0 Å². The Morgan fingerprint density at radius 2 is 1.62 bits per heavy atom. The lowest BCUT2D eigenvalue weighted by Crippen LogP contribution is -2.47. The molecule has 5 rings (SSSR count). The van der Waals surface area contributed by atoms with Crippen molar-refractivity contribution in [3.05, 3.63) is 119 Å². The van der Waals surface area contributed by atoms with Crippen LogP contribution in [0.1, 0.15) is 45.9 Å². The van der Waals surface area contributed by atoms with Crippen molar-refractivity contribution in [2.45, 2.75) is 25.4 Å². The van der Waals surface area contributed by atoms with Crippen molar-refractivity contribution in [3.8, 4) is 0 Å². The maximum absolute atomic E-state index is 13.9.